The fraction of sp³-hybridized carbons (Fsp3) is 0.154. The summed E-state index contributed by atoms with van der Waals surface area (Å²) in [4.78, 5) is 7.78. The smallest absolute Gasteiger partial charge is 0.161 e. The van der Waals surface area contributed by atoms with Crippen molar-refractivity contribution in [2.24, 2.45) is 0 Å². The molecule has 0 spiro atoms. The number of nitrogens with one attached hydrogen (secondary N) is 1. The second kappa shape index (κ2) is 9.99. The van der Waals surface area contributed by atoms with Gasteiger partial charge in [0.15, 0.2) is 11.5 Å². The first-order valence-electron chi connectivity index (χ1n) is 10.4. The van der Waals surface area contributed by atoms with Gasteiger partial charge in [0.1, 0.15) is 18.5 Å². The van der Waals surface area contributed by atoms with Gasteiger partial charge in [0.25, 0.3) is 0 Å². The van der Waals surface area contributed by atoms with E-state index in [1.165, 1.54) is 0 Å². The third-order valence-electron chi connectivity index (χ3n) is 4.99. The Morgan fingerprint density at radius 1 is 1.06 bits per heavy atom. The third kappa shape index (κ3) is 5.31. The van der Waals surface area contributed by atoms with E-state index in [1.54, 1.807) is 18.2 Å². The van der Waals surface area contributed by atoms with Crippen LogP contribution in [0.5, 0.6) is 11.5 Å². The highest BCUT2D eigenvalue weighted by Gasteiger charge is 2.11. The van der Waals surface area contributed by atoms with E-state index in [0.717, 1.165) is 27.7 Å². The number of H-pyrrole nitrogens is 1. The van der Waals surface area contributed by atoms with Gasteiger partial charge in [-0.15, -0.1) is 0 Å². The van der Waals surface area contributed by atoms with Crippen molar-refractivity contribution in [1.29, 1.82) is 5.26 Å². The average molecular weight is 478 g/mol. The number of nitrogens with zero attached hydrogens (tertiary/aromatic N) is 2. The van der Waals surface area contributed by atoms with Gasteiger partial charge < -0.3 is 14.5 Å². The number of allylic oxidation sites excluding steroid dienone is 1. The van der Waals surface area contributed by atoms with Crippen LogP contribution in [0, 0.1) is 18.3 Å². The molecule has 0 aliphatic rings. The number of aromatic nitrogens is 2. The van der Waals surface area contributed by atoms with Crippen LogP contribution in [0.3, 0.4) is 0 Å². The van der Waals surface area contributed by atoms with Crippen LogP contribution in [0.2, 0.25) is 10.0 Å². The van der Waals surface area contributed by atoms with Crippen LogP contribution in [-0.4, -0.2) is 16.6 Å². The Hall–Kier alpha value is -3.46. The lowest BCUT2D eigenvalue weighted by Gasteiger charge is -2.13. The van der Waals surface area contributed by atoms with Crippen LogP contribution in [0.1, 0.15) is 29.4 Å². The van der Waals surface area contributed by atoms with Crippen molar-refractivity contribution in [2.75, 3.05) is 6.61 Å². The normalized spacial score (nSPS) is 11.4. The summed E-state index contributed by atoms with van der Waals surface area (Å²) < 4.78 is 11.7. The second-order valence-corrected chi connectivity index (χ2v) is 8.28. The van der Waals surface area contributed by atoms with Gasteiger partial charge in [-0.3, -0.25) is 0 Å². The van der Waals surface area contributed by atoms with E-state index in [9.17, 15) is 5.26 Å². The summed E-state index contributed by atoms with van der Waals surface area (Å²) in [5.74, 6) is 1.68. The van der Waals surface area contributed by atoms with Gasteiger partial charge in [-0.1, -0.05) is 41.4 Å². The number of aryl methyl sites for hydroxylation is 1. The number of aromatic amines is 1. The van der Waals surface area contributed by atoms with Gasteiger partial charge in [-0.05, 0) is 67.4 Å². The van der Waals surface area contributed by atoms with E-state index in [0.29, 0.717) is 39.5 Å². The van der Waals surface area contributed by atoms with Gasteiger partial charge in [0.2, 0.25) is 0 Å². The molecule has 7 heteroatoms. The Morgan fingerprint density at radius 3 is 2.67 bits per heavy atom. The molecule has 0 unspecified atom stereocenters. The predicted molar refractivity (Wildman–Crippen MR) is 133 cm³/mol. The molecule has 0 radical (unpaired) electrons. The van der Waals surface area contributed by atoms with E-state index in [1.807, 2.05) is 56.3 Å². The summed E-state index contributed by atoms with van der Waals surface area (Å²) in [6.07, 6.45) is 1.77. The minimum absolute atomic E-state index is 0.271. The number of benzene rings is 3. The minimum Gasteiger partial charge on any atom is -0.490 e. The first-order valence-corrected chi connectivity index (χ1v) is 11.1. The molecular weight excluding hydrogens is 457 g/mol. The zero-order valence-electron chi connectivity index (χ0n) is 18.2. The van der Waals surface area contributed by atoms with Crippen LogP contribution in [0.4, 0.5) is 0 Å². The zero-order chi connectivity index (χ0) is 23.4. The van der Waals surface area contributed by atoms with Crippen molar-refractivity contribution < 1.29 is 9.47 Å². The van der Waals surface area contributed by atoms with Gasteiger partial charge in [0, 0.05) is 15.6 Å². The molecule has 0 atom stereocenters. The van der Waals surface area contributed by atoms with Crippen LogP contribution in [0.25, 0.3) is 22.7 Å². The van der Waals surface area contributed by atoms with Crippen molar-refractivity contribution in [1.82, 2.24) is 9.97 Å². The number of fused-ring (bicyclic) bond motifs is 1. The largest absolute Gasteiger partial charge is 0.490 e. The Bertz CT molecular complexity index is 1390. The molecule has 0 saturated carbocycles. The zero-order valence-corrected chi connectivity index (χ0v) is 19.7. The lowest BCUT2D eigenvalue weighted by molar-refractivity contribution is 0.269. The standard InChI is InChI=1S/C26H21Cl2N3O2/c1-3-32-25-12-17(5-9-24(25)33-15-18-6-7-20(27)13-21(18)28)11-19(14-29)26-30-22-8-4-16(2)10-23(22)31-26/h4-13H,3,15H2,1-2H3,(H,30,31). The number of hydrogen-bond donors (Lipinski definition) is 1. The van der Waals surface area contributed by atoms with Crippen molar-refractivity contribution in [2.45, 2.75) is 20.5 Å². The van der Waals surface area contributed by atoms with Crippen LogP contribution in [0.15, 0.2) is 54.6 Å². The predicted octanol–water partition coefficient (Wildman–Crippen LogP) is 7.22. The van der Waals surface area contributed by atoms with Crippen molar-refractivity contribution >= 4 is 45.9 Å². The van der Waals surface area contributed by atoms with E-state index < -0.39 is 0 Å². The maximum atomic E-state index is 9.75. The highest BCUT2D eigenvalue weighted by atomic mass is 35.5. The molecule has 0 aliphatic carbocycles. The molecule has 4 aromatic rings. The van der Waals surface area contributed by atoms with E-state index in [2.05, 4.69) is 16.0 Å². The minimum atomic E-state index is 0.271. The molecule has 5 nitrogen and oxygen atoms in total. The lowest BCUT2D eigenvalue weighted by atomic mass is 10.1. The summed E-state index contributed by atoms with van der Waals surface area (Å²) in [6, 6.07) is 19.0. The van der Waals surface area contributed by atoms with Crippen molar-refractivity contribution in [3.05, 3.63) is 87.2 Å². The van der Waals surface area contributed by atoms with Crippen LogP contribution in [-0.2, 0) is 6.61 Å². The van der Waals surface area contributed by atoms with E-state index >= 15 is 0 Å². The number of nitriles is 1. The fourth-order valence-corrected chi connectivity index (χ4v) is 3.83. The first-order chi connectivity index (χ1) is 16.0. The molecule has 0 bridgehead atoms. The Kier molecular flexibility index (Phi) is 6.88. The molecule has 0 amide bonds. The molecule has 33 heavy (non-hydrogen) atoms. The molecule has 4 rings (SSSR count). The fourth-order valence-electron chi connectivity index (χ4n) is 3.37. The number of rotatable bonds is 7. The quantitative estimate of drug-likeness (QED) is 0.285. The number of halogens is 2. The molecular formula is C26H21Cl2N3O2. The van der Waals surface area contributed by atoms with E-state index in [4.69, 9.17) is 32.7 Å². The summed E-state index contributed by atoms with van der Waals surface area (Å²) in [5.41, 5.74) is 4.87. The van der Waals surface area contributed by atoms with Crippen molar-refractivity contribution in [3.8, 4) is 17.6 Å². The Morgan fingerprint density at radius 2 is 1.91 bits per heavy atom. The summed E-state index contributed by atoms with van der Waals surface area (Å²) in [7, 11) is 0. The lowest BCUT2D eigenvalue weighted by Crippen LogP contribution is -2.00. The molecule has 1 N–H and O–H groups in total. The van der Waals surface area contributed by atoms with E-state index in [-0.39, 0.29) is 6.61 Å². The maximum absolute atomic E-state index is 9.75. The van der Waals surface area contributed by atoms with Crippen LogP contribution >= 0.6 is 23.2 Å². The molecule has 3 aromatic carbocycles. The Labute approximate surface area is 202 Å². The topological polar surface area (TPSA) is 70.9 Å². The second-order valence-electron chi connectivity index (χ2n) is 7.44. The highest BCUT2D eigenvalue weighted by molar-refractivity contribution is 6.35. The summed E-state index contributed by atoms with van der Waals surface area (Å²) in [5, 5.41) is 10.9. The van der Waals surface area contributed by atoms with Gasteiger partial charge in [0.05, 0.1) is 23.2 Å². The highest BCUT2D eigenvalue weighted by Crippen LogP contribution is 2.32. The van der Waals surface area contributed by atoms with Gasteiger partial charge >= 0.3 is 0 Å². The van der Waals surface area contributed by atoms with Gasteiger partial charge in [-0.2, -0.15) is 5.26 Å². The van der Waals surface area contributed by atoms with Crippen molar-refractivity contribution in [3.63, 3.8) is 0 Å². The average Bonchev–Trinajstić information content (AvgIpc) is 3.21. The molecule has 166 valence electrons. The first kappa shape index (κ1) is 22.7. The number of imidazole rings is 1. The summed E-state index contributed by atoms with van der Waals surface area (Å²) >= 11 is 12.2. The molecule has 0 fully saturated rings. The molecule has 1 aromatic heterocycles. The maximum Gasteiger partial charge on any atom is 0.161 e. The summed E-state index contributed by atoms with van der Waals surface area (Å²) in [6.45, 7) is 4.66. The third-order valence-corrected chi connectivity index (χ3v) is 5.58. The van der Waals surface area contributed by atoms with Gasteiger partial charge in [-0.25, -0.2) is 4.98 Å². The Balaban J connectivity index is 1.61. The molecule has 0 saturated heterocycles. The SMILES string of the molecule is CCOc1cc(C=C(C#N)c2nc3ccc(C)cc3[nH]2)ccc1OCc1ccc(Cl)cc1Cl. The molecule has 1 heterocycles. The number of hydrogen-bond acceptors (Lipinski definition) is 4. The number of ether oxygens (including phenoxy) is 2. The molecule has 0 aliphatic heterocycles. The van der Waals surface area contributed by atoms with Crippen LogP contribution < -0.4 is 9.47 Å². The monoisotopic (exact) mass is 477 g/mol.